The Morgan fingerprint density at radius 1 is 1.24 bits per heavy atom. The van der Waals surface area contributed by atoms with Crippen LogP contribution in [0.4, 0.5) is 0 Å². The van der Waals surface area contributed by atoms with E-state index in [0.717, 1.165) is 31.4 Å². The van der Waals surface area contributed by atoms with Crippen LogP contribution in [0.25, 0.3) is 0 Å². The molecule has 2 atom stereocenters. The Bertz CT molecular complexity index is 455. The minimum absolute atomic E-state index is 0.103. The third-order valence-electron chi connectivity index (χ3n) is 4.72. The van der Waals surface area contributed by atoms with Crippen LogP contribution < -0.4 is 10.1 Å². The lowest BCUT2D eigenvalue weighted by molar-refractivity contribution is 0.139. The zero-order chi connectivity index (χ0) is 14.7. The van der Waals surface area contributed by atoms with Crippen molar-refractivity contribution in [3.05, 3.63) is 29.8 Å². The predicted octanol–water partition coefficient (Wildman–Crippen LogP) is 3.05. The molecule has 0 amide bonds. The molecule has 2 saturated carbocycles. The maximum atomic E-state index is 9.75. The average Bonchev–Trinajstić information content (AvgIpc) is 3.21. The molecule has 0 aliphatic heterocycles. The summed E-state index contributed by atoms with van der Waals surface area (Å²) in [6.45, 7) is 2.42. The van der Waals surface area contributed by atoms with Crippen molar-refractivity contribution in [2.75, 3.05) is 6.61 Å². The summed E-state index contributed by atoms with van der Waals surface area (Å²) in [5, 5.41) is 13.4. The maximum absolute atomic E-state index is 9.75. The molecule has 0 saturated heterocycles. The van der Waals surface area contributed by atoms with Crippen LogP contribution in [-0.2, 0) is 6.42 Å². The zero-order valence-corrected chi connectivity index (χ0v) is 13.0. The molecule has 3 rings (SSSR count). The number of hydrogen-bond acceptors (Lipinski definition) is 3. The third-order valence-corrected chi connectivity index (χ3v) is 4.72. The van der Waals surface area contributed by atoms with E-state index < -0.39 is 0 Å². The molecule has 3 heteroatoms. The van der Waals surface area contributed by atoms with Gasteiger partial charge in [0.1, 0.15) is 11.9 Å². The van der Waals surface area contributed by atoms with Crippen molar-refractivity contribution in [2.24, 2.45) is 0 Å². The third kappa shape index (κ3) is 3.78. The van der Waals surface area contributed by atoms with Gasteiger partial charge in [-0.25, -0.2) is 0 Å². The summed E-state index contributed by atoms with van der Waals surface area (Å²) in [5.74, 6) is 0.958. The second kappa shape index (κ2) is 6.37. The monoisotopic (exact) mass is 289 g/mol. The second-order valence-corrected chi connectivity index (χ2v) is 6.73. The van der Waals surface area contributed by atoms with Gasteiger partial charge < -0.3 is 15.2 Å². The van der Waals surface area contributed by atoms with E-state index in [2.05, 4.69) is 36.5 Å². The maximum Gasteiger partial charge on any atom is 0.119 e. The van der Waals surface area contributed by atoms with Gasteiger partial charge in [0.2, 0.25) is 0 Å². The minimum atomic E-state index is -0.103. The van der Waals surface area contributed by atoms with E-state index in [0.29, 0.717) is 6.04 Å². The van der Waals surface area contributed by atoms with Crippen molar-refractivity contribution >= 4 is 0 Å². The first-order valence-corrected chi connectivity index (χ1v) is 8.37. The largest absolute Gasteiger partial charge is 0.490 e. The zero-order valence-electron chi connectivity index (χ0n) is 13.0. The smallest absolute Gasteiger partial charge is 0.119 e. The van der Waals surface area contributed by atoms with Crippen LogP contribution in [0.15, 0.2) is 24.3 Å². The first kappa shape index (κ1) is 14.9. The highest BCUT2D eigenvalue weighted by Crippen LogP contribution is 2.35. The molecule has 1 aromatic carbocycles. The van der Waals surface area contributed by atoms with Gasteiger partial charge in [-0.15, -0.1) is 0 Å². The van der Waals surface area contributed by atoms with Crippen LogP contribution in [0.2, 0.25) is 0 Å². The Hall–Kier alpha value is -1.06. The lowest BCUT2D eigenvalue weighted by atomic mass is 9.98. The van der Waals surface area contributed by atoms with E-state index in [4.69, 9.17) is 4.74 Å². The lowest BCUT2D eigenvalue weighted by Crippen LogP contribution is -2.48. The van der Waals surface area contributed by atoms with Crippen molar-refractivity contribution < 1.29 is 9.84 Å². The molecule has 0 radical (unpaired) electrons. The highest BCUT2D eigenvalue weighted by molar-refractivity contribution is 5.27. The first-order chi connectivity index (χ1) is 10.2. The number of aliphatic hydroxyl groups is 1. The number of hydrogen-bond donors (Lipinski definition) is 2. The minimum Gasteiger partial charge on any atom is -0.490 e. The molecule has 2 N–H and O–H groups in total. The van der Waals surface area contributed by atoms with Gasteiger partial charge in [0.15, 0.2) is 0 Å². The molecule has 2 fully saturated rings. The van der Waals surface area contributed by atoms with Gasteiger partial charge in [-0.2, -0.15) is 0 Å². The topological polar surface area (TPSA) is 41.5 Å². The Morgan fingerprint density at radius 3 is 2.62 bits per heavy atom. The number of nitrogens with one attached hydrogen (secondary N) is 1. The molecule has 21 heavy (non-hydrogen) atoms. The summed E-state index contributed by atoms with van der Waals surface area (Å²) in [4.78, 5) is 0. The highest BCUT2D eigenvalue weighted by atomic mass is 16.5. The number of rotatable bonds is 7. The summed E-state index contributed by atoms with van der Waals surface area (Å²) in [7, 11) is 0. The number of aryl methyl sites for hydroxylation is 1. The summed E-state index contributed by atoms with van der Waals surface area (Å²) in [6, 6.07) is 9.12. The van der Waals surface area contributed by atoms with Crippen molar-refractivity contribution in [1.82, 2.24) is 5.32 Å². The molecule has 116 valence electrons. The van der Waals surface area contributed by atoms with Crippen LogP contribution in [0.3, 0.4) is 0 Å². The number of ether oxygens (including phenoxy) is 1. The SMILES string of the molecule is CCCc1ccc(OC2CCC(CO)(NC3CC3)C2)cc1. The van der Waals surface area contributed by atoms with Crippen LogP contribution in [0.5, 0.6) is 5.75 Å². The quantitative estimate of drug-likeness (QED) is 0.810. The predicted molar refractivity (Wildman–Crippen MR) is 84.7 cm³/mol. The fourth-order valence-electron chi connectivity index (χ4n) is 3.37. The van der Waals surface area contributed by atoms with Crippen LogP contribution >= 0.6 is 0 Å². The van der Waals surface area contributed by atoms with Crippen molar-refractivity contribution in [1.29, 1.82) is 0 Å². The van der Waals surface area contributed by atoms with E-state index in [1.54, 1.807) is 0 Å². The van der Waals surface area contributed by atoms with Crippen molar-refractivity contribution in [2.45, 2.75) is 69.6 Å². The molecule has 2 aliphatic carbocycles. The van der Waals surface area contributed by atoms with Crippen molar-refractivity contribution in [3.63, 3.8) is 0 Å². The molecule has 1 aromatic rings. The standard InChI is InChI=1S/C18H27NO2/c1-2-3-14-4-8-16(9-5-14)21-17-10-11-18(12-17,13-20)19-15-6-7-15/h4-5,8-9,15,17,19-20H,2-3,6-7,10-13H2,1H3. The molecule has 3 nitrogen and oxygen atoms in total. The van der Waals surface area contributed by atoms with Gasteiger partial charge in [-0.3, -0.25) is 0 Å². The number of aliphatic hydroxyl groups excluding tert-OH is 1. The van der Waals surface area contributed by atoms with Crippen LogP contribution in [0.1, 0.15) is 51.0 Å². The molecule has 0 heterocycles. The summed E-state index contributed by atoms with van der Waals surface area (Å²) < 4.78 is 6.12. The summed E-state index contributed by atoms with van der Waals surface area (Å²) in [6.07, 6.45) is 7.99. The Morgan fingerprint density at radius 2 is 2.00 bits per heavy atom. The fraction of sp³-hybridized carbons (Fsp3) is 0.667. The Balaban J connectivity index is 1.55. The van der Waals surface area contributed by atoms with Gasteiger partial charge >= 0.3 is 0 Å². The van der Waals surface area contributed by atoms with Gasteiger partial charge in [0.05, 0.1) is 6.61 Å². The molecule has 0 bridgehead atoms. The van der Waals surface area contributed by atoms with Crippen molar-refractivity contribution in [3.8, 4) is 5.75 Å². The fourth-order valence-corrected chi connectivity index (χ4v) is 3.37. The number of benzene rings is 1. The van der Waals surface area contributed by atoms with E-state index in [1.807, 2.05) is 0 Å². The van der Waals surface area contributed by atoms with Crippen LogP contribution in [-0.4, -0.2) is 29.4 Å². The molecular formula is C18H27NO2. The molecule has 0 spiro atoms. The second-order valence-electron chi connectivity index (χ2n) is 6.73. The molecule has 0 aromatic heterocycles. The molecule has 2 aliphatic rings. The first-order valence-electron chi connectivity index (χ1n) is 8.37. The van der Waals surface area contributed by atoms with E-state index in [-0.39, 0.29) is 18.2 Å². The van der Waals surface area contributed by atoms with E-state index >= 15 is 0 Å². The Labute approximate surface area is 127 Å². The lowest BCUT2D eigenvalue weighted by Gasteiger charge is -2.28. The van der Waals surface area contributed by atoms with Gasteiger partial charge in [-0.05, 0) is 49.8 Å². The normalized spacial score (nSPS) is 28.8. The van der Waals surface area contributed by atoms with Gasteiger partial charge in [0.25, 0.3) is 0 Å². The van der Waals surface area contributed by atoms with Crippen LogP contribution in [0, 0.1) is 0 Å². The van der Waals surface area contributed by atoms with E-state index in [1.165, 1.54) is 24.8 Å². The highest BCUT2D eigenvalue weighted by Gasteiger charge is 2.42. The van der Waals surface area contributed by atoms with Gasteiger partial charge in [-0.1, -0.05) is 25.5 Å². The molecular weight excluding hydrogens is 262 g/mol. The average molecular weight is 289 g/mol. The summed E-state index contributed by atoms with van der Waals surface area (Å²) >= 11 is 0. The summed E-state index contributed by atoms with van der Waals surface area (Å²) in [5.41, 5.74) is 1.27. The van der Waals surface area contributed by atoms with E-state index in [9.17, 15) is 5.11 Å². The Kier molecular flexibility index (Phi) is 4.51. The molecule has 2 unspecified atom stereocenters. The van der Waals surface area contributed by atoms with Gasteiger partial charge in [0, 0.05) is 18.0 Å².